The average molecular weight is 336 g/mol. The molecule has 0 radical (unpaired) electrons. The molecule has 0 bridgehead atoms. The first kappa shape index (κ1) is 20.0. The number of rotatable bonds is 4. The number of halogens is 2. The minimum absolute atomic E-state index is 0. The first-order valence-corrected chi connectivity index (χ1v) is 6.78. The maximum absolute atomic E-state index is 12.0. The average Bonchev–Trinajstić information content (AvgIpc) is 2.42. The molecule has 0 aliphatic heterocycles. The van der Waals surface area contributed by atoms with Crippen molar-refractivity contribution >= 4 is 30.7 Å². The second kappa shape index (κ2) is 9.82. The van der Waals surface area contributed by atoms with Crippen molar-refractivity contribution in [3.63, 3.8) is 0 Å². The van der Waals surface area contributed by atoms with Gasteiger partial charge in [0.15, 0.2) is 6.10 Å². The van der Waals surface area contributed by atoms with Crippen LogP contribution in [-0.2, 0) is 4.79 Å². The van der Waals surface area contributed by atoms with Gasteiger partial charge in [-0.3, -0.25) is 9.78 Å². The number of hydrogen-bond donors (Lipinski definition) is 2. The van der Waals surface area contributed by atoms with Crippen LogP contribution in [0, 0.1) is 0 Å². The van der Waals surface area contributed by atoms with Crippen LogP contribution < -0.4 is 15.8 Å². The molecule has 1 aliphatic carbocycles. The van der Waals surface area contributed by atoms with Crippen LogP contribution in [0.25, 0.3) is 0 Å². The molecule has 1 aliphatic rings. The van der Waals surface area contributed by atoms with Crippen LogP contribution in [0.2, 0.25) is 0 Å². The fraction of sp³-hybridized carbons (Fsp3) is 0.571. The zero-order chi connectivity index (χ0) is 13.7. The van der Waals surface area contributed by atoms with Crippen LogP contribution in [0.15, 0.2) is 24.5 Å². The van der Waals surface area contributed by atoms with Gasteiger partial charge >= 0.3 is 0 Å². The van der Waals surface area contributed by atoms with Crippen LogP contribution in [0.5, 0.6) is 5.75 Å². The summed E-state index contributed by atoms with van der Waals surface area (Å²) in [5, 5.41) is 3.02. The lowest BCUT2D eigenvalue weighted by Gasteiger charge is -2.27. The fourth-order valence-electron chi connectivity index (χ4n) is 2.26. The number of amides is 1. The highest BCUT2D eigenvalue weighted by atomic mass is 35.5. The zero-order valence-electron chi connectivity index (χ0n) is 12.0. The van der Waals surface area contributed by atoms with Gasteiger partial charge in [-0.1, -0.05) is 0 Å². The summed E-state index contributed by atoms with van der Waals surface area (Å²) in [5.74, 6) is 0.528. The lowest BCUT2D eigenvalue weighted by atomic mass is 9.92. The molecule has 3 N–H and O–H groups in total. The molecular weight excluding hydrogens is 313 g/mol. The van der Waals surface area contributed by atoms with E-state index in [0.717, 1.165) is 25.7 Å². The summed E-state index contributed by atoms with van der Waals surface area (Å²) in [6, 6.07) is 4.09. The van der Waals surface area contributed by atoms with Crippen LogP contribution in [-0.4, -0.2) is 29.1 Å². The zero-order valence-corrected chi connectivity index (χ0v) is 13.7. The Bertz CT molecular complexity index is 412. The van der Waals surface area contributed by atoms with E-state index in [-0.39, 0.29) is 42.8 Å². The predicted octanol–water partition coefficient (Wildman–Crippen LogP) is 2.08. The topological polar surface area (TPSA) is 77.2 Å². The van der Waals surface area contributed by atoms with Gasteiger partial charge in [0.05, 0.1) is 6.20 Å². The van der Waals surface area contributed by atoms with E-state index in [1.807, 2.05) is 0 Å². The Kier molecular flexibility index (Phi) is 9.33. The molecule has 7 heteroatoms. The Balaban J connectivity index is 0.00000200. The van der Waals surface area contributed by atoms with E-state index in [2.05, 4.69) is 10.3 Å². The number of aromatic nitrogens is 1. The number of carbonyl (C=O) groups excluding carboxylic acids is 1. The standard InChI is InChI=1S/C14H21N3O2.2ClH/c1-10(19-13-3-2-8-16-9-13)14(18)17-12-6-4-11(15)5-7-12;;/h2-3,8-12H,4-7,15H2,1H3,(H,17,18);2*1H. The van der Waals surface area contributed by atoms with Crippen molar-refractivity contribution in [1.29, 1.82) is 0 Å². The van der Waals surface area contributed by atoms with Crippen LogP contribution in [0.1, 0.15) is 32.6 Å². The first-order chi connectivity index (χ1) is 9.15. The Morgan fingerprint density at radius 1 is 1.38 bits per heavy atom. The highest BCUT2D eigenvalue weighted by molar-refractivity contribution is 5.85. The lowest BCUT2D eigenvalue weighted by Crippen LogP contribution is -2.45. The number of nitrogens with one attached hydrogen (secondary N) is 1. The summed E-state index contributed by atoms with van der Waals surface area (Å²) in [6.45, 7) is 1.75. The quantitative estimate of drug-likeness (QED) is 0.883. The molecule has 1 atom stereocenters. The second-order valence-corrected chi connectivity index (χ2v) is 5.07. The molecule has 1 saturated carbocycles. The SMILES string of the molecule is CC(Oc1cccnc1)C(=O)NC1CCC(N)CC1.Cl.Cl. The van der Waals surface area contributed by atoms with E-state index in [4.69, 9.17) is 10.5 Å². The van der Waals surface area contributed by atoms with Crippen molar-refractivity contribution in [1.82, 2.24) is 10.3 Å². The Hall–Kier alpha value is -1.04. The molecule has 1 amide bonds. The highest BCUT2D eigenvalue weighted by Gasteiger charge is 2.23. The van der Waals surface area contributed by atoms with Gasteiger partial charge in [0.2, 0.25) is 0 Å². The molecule has 1 aromatic rings. The molecule has 0 saturated heterocycles. The third kappa shape index (κ3) is 6.50. The van der Waals surface area contributed by atoms with Crippen molar-refractivity contribution in [2.24, 2.45) is 5.73 Å². The molecule has 2 rings (SSSR count). The number of nitrogens with zero attached hydrogens (tertiary/aromatic N) is 1. The molecule has 21 heavy (non-hydrogen) atoms. The van der Waals surface area contributed by atoms with Crippen molar-refractivity contribution in [2.75, 3.05) is 0 Å². The largest absolute Gasteiger partial charge is 0.479 e. The van der Waals surface area contributed by atoms with Crippen molar-refractivity contribution < 1.29 is 9.53 Å². The summed E-state index contributed by atoms with van der Waals surface area (Å²) < 4.78 is 5.54. The normalized spacial score (nSPS) is 22.2. The van der Waals surface area contributed by atoms with Crippen LogP contribution in [0.3, 0.4) is 0 Å². The molecule has 1 fully saturated rings. The molecule has 1 unspecified atom stereocenters. The number of ether oxygens (including phenoxy) is 1. The summed E-state index contributed by atoms with van der Waals surface area (Å²) >= 11 is 0. The van der Waals surface area contributed by atoms with E-state index in [1.165, 1.54) is 0 Å². The van der Waals surface area contributed by atoms with Crippen molar-refractivity contribution in [3.05, 3.63) is 24.5 Å². The third-order valence-corrected chi connectivity index (χ3v) is 3.43. The van der Waals surface area contributed by atoms with Gasteiger partial charge < -0.3 is 15.8 Å². The van der Waals surface area contributed by atoms with E-state index >= 15 is 0 Å². The van der Waals surface area contributed by atoms with Gasteiger partial charge in [0.1, 0.15) is 5.75 Å². The van der Waals surface area contributed by atoms with Gasteiger partial charge in [0, 0.05) is 18.3 Å². The maximum Gasteiger partial charge on any atom is 0.260 e. The summed E-state index contributed by atoms with van der Waals surface area (Å²) in [4.78, 5) is 16.0. The summed E-state index contributed by atoms with van der Waals surface area (Å²) in [6.07, 6.45) is 6.61. The number of hydrogen-bond acceptors (Lipinski definition) is 4. The number of nitrogens with two attached hydrogens (primary N) is 1. The Morgan fingerprint density at radius 2 is 2.05 bits per heavy atom. The molecular formula is C14H23Cl2N3O2. The molecule has 0 aromatic carbocycles. The van der Waals surface area contributed by atoms with Crippen molar-refractivity contribution in [3.8, 4) is 5.75 Å². The highest BCUT2D eigenvalue weighted by Crippen LogP contribution is 2.17. The molecule has 120 valence electrons. The molecule has 0 spiro atoms. The van der Waals surface area contributed by atoms with Crippen LogP contribution >= 0.6 is 24.8 Å². The lowest BCUT2D eigenvalue weighted by molar-refractivity contribution is -0.128. The third-order valence-electron chi connectivity index (χ3n) is 3.43. The summed E-state index contributed by atoms with van der Waals surface area (Å²) in [5.41, 5.74) is 5.85. The van der Waals surface area contributed by atoms with E-state index in [1.54, 1.807) is 31.5 Å². The second-order valence-electron chi connectivity index (χ2n) is 5.07. The molecule has 1 heterocycles. The number of carbonyl (C=O) groups is 1. The molecule has 5 nitrogen and oxygen atoms in total. The molecule has 1 aromatic heterocycles. The monoisotopic (exact) mass is 335 g/mol. The van der Waals surface area contributed by atoms with Crippen LogP contribution in [0.4, 0.5) is 0 Å². The Morgan fingerprint density at radius 3 is 2.62 bits per heavy atom. The van der Waals surface area contributed by atoms with Gasteiger partial charge in [-0.25, -0.2) is 0 Å². The maximum atomic E-state index is 12.0. The van der Waals surface area contributed by atoms with E-state index in [0.29, 0.717) is 5.75 Å². The van der Waals surface area contributed by atoms with Crippen molar-refractivity contribution in [2.45, 2.75) is 50.8 Å². The van der Waals surface area contributed by atoms with Gasteiger partial charge in [-0.15, -0.1) is 24.8 Å². The fourth-order valence-corrected chi connectivity index (χ4v) is 2.26. The first-order valence-electron chi connectivity index (χ1n) is 6.78. The van der Waals surface area contributed by atoms with E-state index < -0.39 is 6.10 Å². The minimum atomic E-state index is -0.514. The van der Waals surface area contributed by atoms with E-state index in [9.17, 15) is 4.79 Å². The van der Waals surface area contributed by atoms with Gasteiger partial charge in [-0.05, 0) is 44.7 Å². The predicted molar refractivity (Wildman–Crippen MR) is 87.2 cm³/mol. The van der Waals surface area contributed by atoms with Gasteiger partial charge in [0.25, 0.3) is 5.91 Å². The van der Waals surface area contributed by atoms with Gasteiger partial charge in [-0.2, -0.15) is 0 Å². The smallest absolute Gasteiger partial charge is 0.260 e. The Labute approximate surface area is 137 Å². The minimum Gasteiger partial charge on any atom is -0.479 e. The summed E-state index contributed by atoms with van der Waals surface area (Å²) in [7, 11) is 0. The number of pyridine rings is 1.